The van der Waals surface area contributed by atoms with Crippen LogP contribution in [-0.4, -0.2) is 44.0 Å². The maximum Gasteiger partial charge on any atom is 0.407 e. The van der Waals surface area contributed by atoms with E-state index in [0.717, 1.165) is 13.1 Å². The fourth-order valence-corrected chi connectivity index (χ4v) is 1.26. The van der Waals surface area contributed by atoms with Crippen LogP contribution in [0.1, 0.15) is 20.8 Å². The molecule has 2 N–H and O–H groups in total. The van der Waals surface area contributed by atoms with Crippen molar-refractivity contribution in [3.63, 3.8) is 0 Å². The summed E-state index contributed by atoms with van der Waals surface area (Å²) in [5, 5.41) is 5.87. The Labute approximate surface area is 103 Å². The number of hydrogen-bond acceptors (Lipinski definition) is 4. The molecule has 0 aromatic carbocycles. The molecule has 6 heteroatoms. The Hall–Kier alpha value is -0.520. The minimum absolute atomic E-state index is 0. The molecule has 0 aromatic rings. The van der Waals surface area contributed by atoms with Gasteiger partial charge in [0.25, 0.3) is 0 Å². The first-order chi connectivity index (χ1) is 6.97. The van der Waals surface area contributed by atoms with Gasteiger partial charge in [-0.15, -0.1) is 12.4 Å². The van der Waals surface area contributed by atoms with Crippen LogP contribution in [0, 0.1) is 0 Å². The quantitative estimate of drug-likeness (QED) is 0.767. The molecule has 0 aromatic heterocycles. The number of alkyl carbamates (subject to hydrolysis) is 1. The second-order valence-electron chi connectivity index (χ2n) is 4.58. The summed E-state index contributed by atoms with van der Waals surface area (Å²) in [5.41, 5.74) is -0.449. The van der Waals surface area contributed by atoms with Crippen molar-refractivity contribution in [1.29, 1.82) is 0 Å². The van der Waals surface area contributed by atoms with Gasteiger partial charge in [0.1, 0.15) is 5.60 Å². The fraction of sp³-hybridized carbons (Fsp3) is 0.900. The third-order valence-electron chi connectivity index (χ3n) is 1.88. The van der Waals surface area contributed by atoms with E-state index in [2.05, 4.69) is 10.6 Å². The molecule has 0 spiro atoms. The van der Waals surface area contributed by atoms with Gasteiger partial charge in [-0.05, 0) is 20.8 Å². The van der Waals surface area contributed by atoms with Gasteiger partial charge in [-0.2, -0.15) is 0 Å². The summed E-state index contributed by atoms with van der Waals surface area (Å²) < 4.78 is 10.5. The van der Waals surface area contributed by atoms with Crippen LogP contribution >= 0.6 is 12.4 Å². The predicted molar refractivity (Wildman–Crippen MR) is 64.1 cm³/mol. The average molecular weight is 253 g/mol. The number of hydrogen-bond donors (Lipinski definition) is 2. The van der Waals surface area contributed by atoms with Gasteiger partial charge >= 0.3 is 6.09 Å². The first kappa shape index (κ1) is 15.5. The van der Waals surface area contributed by atoms with Crippen molar-refractivity contribution in [1.82, 2.24) is 10.6 Å². The SMILES string of the molecule is CC(C)(C)OC(=O)NC[C@@H]1CNCCO1.Cl. The summed E-state index contributed by atoms with van der Waals surface area (Å²) in [7, 11) is 0. The number of carbonyl (C=O) groups excluding carboxylic acids is 1. The van der Waals surface area contributed by atoms with E-state index in [1.807, 2.05) is 20.8 Å². The Bertz CT molecular complexity index is 213. The molecule has 0 aliphatic carbocycles. The smallest absolute Gasteiger partial charge is 0.407 e. The molecule has 96 valence electrons. The van der Waals surface area contributed by atoms with Gasteiger partial charge in [0, 0.05) is 19.6 Å². The zero-order valence-corrected chi connectivity index (χ0v) is 10.9. The monoisotopic (exact) mass is 252 g/mol. The molecule has 16 heavy (non-hydrogen) atoms. The second kappa shape index (κ2) is 6.93. The van der Waals surface area contributed by atoms with Crippen molar-refractivity contribution >= 4 is 18.5 Å². The lowest BCUT2D eigenvalue weighted by Gasteiger charge is -2.25. The van der Waals surface area contributed by atoms with E-state index in [1.165, 1.54) is 0 Å². The van der Waals surface area contributed by atoms with Crippen molar-refractivity contribution in [3.05, 3.63) is 0 Å². The van der Waals surface area contributed by atoms with Crippen LogP contribution in [0.5, 0.6) is 0 Å². The van der Waals surface area contributed by atoms with Crippen molar-refractivity contribution in [3.8, 4) is 0 Å². The summed E-state index contributed by atoms with van der Waals surface area (Å²) in [6.07, 6.45) is -0.344. The summed E-state index contributed by atoms with van der Waals surface area (Å²) >= 11 is 0. The molecule has 0 radical (unpaired) electrons. The number of morpholine rings is 1. The lowest BCUT2D eigenvalue weighted by atomic mass is 10.2. The van der Waals surface area contributed by atoms with Crippen LogP contribution in [0.3, 0.4) is 0 Å². The number of rotatable bonds is 2. The van der Waals surface area contributed by atoms with Crippen LogP contribution in [0.25, 0.3) is 0 Å². The normalized spacial score (nSPS) is 20.8. The summed E-state index contributed by atoms with van der Waals surface area (Å²) in [6.45, 7) is 8.35. The Balaban J connectivity index is 0.00000225. The second-order valence-corrected chi connectivity index (χ2v) is 4.58. The van der Waals surface area contributed by atoms with Crippen LogP contribution in [-0.2, 0) is 9.47 Å². The lowest BCUT2D eigenvalue weighted by molar-refractivity contribution is 0.0205. The molecule has 0 unspecified atom stereocenters. The maximum atomic E-state index is 11.3. The zero-order chi connectivity index (χ0) is 11.3. The summed E-state index contributed by atoms with van der Waals surface area (Å²) in [4.78, 5) is 11.3. The maximum absolute atomic E-state index is 11.3. The van der Waals surface area contributed by atoms with Gasteiger partial charge in [0.15, 0.2) is 0 Å². The number of ether oxygens (including phenoxy) is 2. The Morgan fingerprint density at radius 1 is 1.56 bits per heavy atom. The molecule has 5 nitrogen and oxygen atoms in total. The van der Waals surface area contributed by atoms with E-state index in [9.17, 15) is 4.79 Å². The van der Waals surface area contributed by atoms with Gasteiger partial charge in [-0.25, -0.2) is 4.79 Å². The number of halogens is 1. The molecule has 1 saturated heterocycles. The number of carbonyl (C=O) groups is 1. The molecule has 1 fully saturated rings. The van der Waals surface area contributed by atoms with Gasteiger partial charge in [0.2, 0.25) is 0 Å². The largest absolute Gasteiger partial charge is 0.444 e. The Kier molecular flexibility index (Phi) is 6.71. The molecule has 0 saturated carbocycles. The Morgan fingerprint density at radius 3 is 2.75 bits per heavy atom. The first-order valence-electron chi connectivity index (χ1n) is 5.26. The van der Waals surface area contributed by atoms with Crippen molar-refractivity contribution < 1.29 is 14.3 Å². The topological polar surface area (TPSA) is 59.6 Å². The van der Waals surface area contributed by atoms with E-state index >= 15 is 0 Å². The fourth-order valence-electron chi connectivity index (χ4n) is 1.26. The molecule has 1 aliphatic rings. The molecular weight excluding hydrogens is 232 g/mol. The van der Waals surface area contributed by atoms with Crippen LogP contribution < -0.4 is 10.6 Å². The molecule has 0 bridgehead atoms. The summed E-state index contributed by atoms with van der Waals surface area (Å²) in [5.74, 6) is 0. The van der Waals surface area contributed by atoms with Crippen molar-refractivity contribution in [2.24, 2.45) is 0 Å². The third-order valence-corrected chi connectivity index (χ3v) is 1.88. The molecule has 1 amide bonds. The van der Waals surface area contributed by atoms with E-state index in [4.69, 9.17) is 9.47 Å². The van der Waals surface area contributed by atoms with Gasteiger partial charge in [0.05, 0.1) is 12.7 Å². The highest BCUT2D eigenvalue weighted by Crippen LogP contribution is 2.06. The van der Waals surface area contributed by atoms with E-state index < -0.39 is 11.7 Å². The molecular formula is C10H21ClN2O3. The highest BCUT2D eigenvalue weighted by atomic mass is 35.5. The van der Waals surface area contributed by atoms with Crippen molar-refractivity contribution in [2.45, 2.75) is 32.5 Å². The lowest BCUT2D eigenvalue weighted by Crippen LogP contribution is -2.46. The van der Waals surface area contributed by atoms with Crippen molar-refractivity contribution in [2.75, 3.05) is 26.2 Å². The van der Waals surface area contributed by atoms with Crippen LogP contribution in [0.4, 0.5) is 4.79 Å². The minimum atomic E-state index is -0.449. The molecule has 1 heterocycles. The highest BCUT2D eigenvalue weighted by molar-refractivity contribution is 5.85. The summed E-state index contributed by atoms with van der Waals surface area (Å²) in [6, 6.07) is 0. The van der Waals surface area contributed by atoms with Crippen LogP contribution in [0.15, 0.2) is 0 Å². The third kappa shape index (κ3) is 6.87. The number of amides is 1. The predicted octanol–water partition coefficient (Wildman–Crippen LogP) is 0.921. The first-order valence-corrected chi connectivity index (χ1v) is 5.26. The average Bonchev–Trinajstić information content (AvgIpc) is 2.14. The van der Waals surface area contributed by atoms with E-state index in [0.29, 0.717) is 13.2 Å². The molecule has 1 atom stereocenters. The van der Waals surface area contributed by atoms with E-state index in [1.54, 1.807) is 0 Å². The van der Waals surface area contributed by atoms with E-state index in [-0.39, 0.29) is 18.5 Å². The molecule has 1 rings (SSSR count). The van der Waals surface area contributed by atoms with Gasteiger partial charge in [-0.3, -0.25) is 0 Å². The minimum Gasteiger partial charge on any atom is -0.444 e. The van der Waals surface area contributed by atoms with Crippen LogP contribution in [0.2, 0.25) is 0 Å². The Morgan fingerprint density at radius 2 is 2.25 bits per heavy atom. The molecule has 1 aliphatic heterocycles. The van der Waals surface area contributed by atoms with Gasteiger partial charge in [-0.1, -0.05) is 0 Å². The standard InChI is InChI=1S/C10H20N2O3.ClH/c1-10(2,3)15-9(13)12-7-8-6-11-4-5-14-8;/h8,11H,4-7H2,1-3H3,(H,12,13);1H/t8-;/m0./s1. The zero-order valence-electron chi connectivity index (χ0n) is 10.0. The van der Waals surface area contributed by atoms with Gasteiger partial charge < -0.3 is 20.1 Å². The number of nitrogens with one attached hydrogen (secondary N) is 2. The highest BCUT2D eigenvalue weighted by Gasteiger charge is 2.18.